The Kier molecular flexibility index (Phi) is 10.8. The number of piperidine rings is 2. The number of pyridine rings is 1. The molecule has 0 saturated carbocycles. The molecule has 9 nitrogen and oxygen atoms in total. The van der Waals surface area contributed by atoms with Crippen LogP contribution in [-0.2, 0) is 17.8 Å². The Balaban J connectivity index is 1.29. The van der Waals surface area contributed by atoms with Gasteiger partial charge >= 0.3 is 0 Å². The van der Waals surface area contributed by atoms with Gasteiger partial charge in [-0.1, -0.05) is 48.4 Å². The molecular weight excluding hydrogens is 624 g/mol. The highest BCUT2D eigenvalue weighted by molar-refractivity contribution is 6.32. The first-order chi connectivity index (χ1) is 23.4. The minimum Gasteiger partial charge on any atom is -0.488 e. The minimum atomic E-state index is -0.225. The first kappa shape index (κ1) is 33.3. The van der Waals surface area contributed by atoms with Crippen LogP contribution < -0.4 is 25.4 Å². The topological polar surface area (TPSA) is 112 Å². The number of aromatic nitrogens is 1. The van der Waals surface area contributed by atoms with Crippen molar-refractivity contribution in [3.63, 3.8) is 0 Å². The van der Waals surface area contributed by atoms with Gasteiger partial charge in [0.2, 0.25) is 5.91 Å². The van der Waals surface area contributed by atoms with Crippen molar-refractivity contribution in [2.75, 3.05) is 43.9 Å². The van der Waals surface area contributed by atoms with Crippen molar-refractivity contribution < 1.29 is 14.3 Å². The number of hydrogen-bond donors (Lipinski definition) is 3. The Bertz CT molecular complexity index is 1840. The lowest BCUT2D eigenvalue weighted by Crippen LogP contribution is -2.35. The van der Waals surface area contributed by atoms with E-state index in [1.165, 1.54) is 11.8 Å². The summed E-state index contributed by atoms with van der Waals surface area (Å²) in [7, 11) is 2.11. The standard InChI is InChI=1S/C38H41ClN6O3/c1-3-25-4-6-27(7-5-25)24-47-33-10-8-29(21-32(33)39)43-36-28(22-40)23-42-37-31(36)9-11-34(48-30-14-18-45(2)19-15-30)38(37)44-35(46)20-26-12-16-41-17-13-26/h4-11,20-21,23,30,41H,3,12-19,24H2,1-2H3,(H,42,43)(H,44,46). The number of nitriles is 1. The molecule has 10 heteroatoms. The van der Waals surface area contributed by atoms with E-state index in [-0.39, 0.29) is 12.0 Å². The monoisotopic (exact) mass is 664 g/mol. The lowest BCUT2D eigenvalue weighted by atomic mass is 10.0. The Morgan fingerprint density at radius 3 is 2.50 bits per heavy atom. The summed E-state index contributed by atoms with van der Waals surface area (Å²) in [6.07, 6.45) is 7.65. The summed E-state index contributed by atoms with van der Waals surface area (Å²) >= 11 is 6.67. The smallest absolute Gasteiger partial charge is 0.248 e. The van der Waals surface area contributed by atoms with Crippen LogP contribution in [0.3, 0.4) is 0 Å². The van der Waals surface area contributed by atoms with E-state index in [0.717, 1.165) is 69.4 Å². The van der Waals surface area contributed by atoms with E-state index in [9.17, 15) is 10.1 Å². The van der Waals surface area contributed by atoms with Crippen molar-refractivity contribution in [2.45, 2.75) is 51.7 Å². The van der Waals surface area contributed by atoms with E-state index >= 15 is 0 Å². The first-order valence-electron chi connectivity index (χ1n) is 16.6. The molecule has 6 rings (SSSR count). The van der Waals surface area contributed by atoms with E-state index in [1.54, 1.807) is 12.1 Å². The number of likely N-dealkylation sites (tertiary alicyclic amines) is 1. The van der Waals surface area contributed by atoms with E-state index in [0.29, 0.717) is 56.7 Å². The first-order valence-corrected chi connectivity index (χ1v) is 17.0. The SMILES string of the molecule is CCc1ccc(COc2ccc(Nc3c(C#N)cnc4c(NC(=O)C=C5CCNCC5)c(OC5CCN(C)CC5)ccc34)cc2Cl)cc1. The molecule has 248 valence electrons. The third-order valence-corrected chi connectivity index (χ3v) is 9.23. The maximum Gasteiger partial charge on any atom is 0.248 e. The second-order valence-electron chi connectivity index (χ2n) is 12.4. The number of hydrogen-bond acceptors (Lipinski definition) is 8. The average Bonchev–Trinajstić information content (AvgIpc) is 3.10. The Labute approximate surface area is 286 Å². The largest absolute Gasteiger partial charge is 0.488 e. The Hall–Kier alpha value is -4.62. The van der Waals surface area contributed by atoms with E-state index in [1.807, 2.05) is 24.3 Å². The molecule has 2 aliphatic heterocycles. The molecule has 1 amide bonds. The Morgan fingerprint density at radius 1 is 1.06 bits per heavy atom. The van der Waals surface area contributed by atoms with Gasteiger partial charge in [-0.15, -0.1) is 0 Å². The van der Waals surface area contributed by atoms with E-state index in [2.05, 4.69) is 70.1 Å². The molecule has 0 radical (unpaired) electrons. The molecule has 1 aromatic heterocycles. The number of benzene rings is 3. The molecule has 3 N–H and O–H groups in total. The summed E-state index contributed by atoms with van der Waals surface area (Å²) < 4.78 is 12.5. The van der Waals surface area contributed by atoms with Crippen molar-refractivity contribution >= 4 is 45.5 Å². The fourth-order valence-corrected chi connectivity index (χ4v) is 6.31. The number of anilines is 3. The summed E-state index contributed by atoms with van der Waals surface area (Å²) in [5.74, 6) is 0.897. The molecule has 48 heavy (non-hydrogen) atoms. The number of ether oxygens (including phenoxy) is 2. The van der Waals surface area contributed by atoms with Gasteiger partial charge in [-0.05, 0) is 93.7 Å². The second-order valence-corrected chi connectivity index (χ2v) is 12.8. The van der Waals surface area contributed by atoms with Gasteiger partial charge in [0.1, 0.15) is 36.0 Å². The molecule has 0 bridgehead atoms. The second kappa shape index (κ2) is 15.5. The number of fused-ring (bicyclic) bond motifs is 1. The van der Waals surface area contributed by atoms with Gasteiger partial charge < -0.3 is 30.3 Å². The molecule has 0 unspecified atom stereocenters. The van der Waals surface area contributed by atoms with Crippen LogP contribution in [0, 0.1) is 11.3 Å². The predicted molar refractivity (Wildman–Crippen MR) is 191 cm³/mol. The molecule has 2 fully saturated rings. The molecule has 3 heterocycles. The zero-order valence-electron chi connectivity index (χ0n) is 27.4. The quantitative estimate of drug-likeness (QED) is 0.151. The molecule has 3 aromatic carbocycles. The minimum absolute atomic E-state index is 0.0200. The van der Waals surface area contributed by atoms with Gasteiger partial charge in [0.05, 0.1) is 21.8 Å². The number of aryl methyl sites for hydroxylation is 1. The normalized spacial score (nSPS) is 15.5. The van der Waals surface area contributed by atoms with Crippen LogP contribution in [0.1, 0.15) is 49.3 Å². The van der Waals surface area contributed by atoms with Crippen molar-refractivity contribution in [2.24, 2.45) is 0 Å². The highest BCUT2D eigenvalue weighted by Crippen LogP contribution is 2.40. The van der Waals surface area contributed by atoms with Crippen molar-refractivity contribution in [3.05, 3.63) is 94.2 Å². The van der Waals surface area contributed by atoms with Crippen molar-refractivity contribution in [1.29, 1.82) is 5.26 Å². The molecule has 0 atom stereocenters. The average molecular weight is 665 g/mol. The van der Waals surface area contributed by atoms with Crippen molar-refractivity contribution in [1.82, 2.24) is 15.2 Å². The van der Waals surface area contributed by atoms with Crippen LogP contribution >= 0.6 is 11.6 Å². The van der Waals surface area contributed by atoms with Gasteiger partial charge in [0, 0.05) is 36.4 Å². The molecular formula is C38H41ClN6O3. The Morgan fingerprint density at radius 2 is 1.79 bits per heavy atom. The zero-order chi connectivity index (χ0) is 33.5. The van der Waals surface area contributed by atoms with Gasteiger partial charge in [0.25, 0.3) is 0 Å². The van der Waals surface area contributed by atoms with Gasteiger partial charge in [-0.2, -0.15) is 5.26 Å². The summed E-state index contributed by atoms with van der Waals surface area (Å²) in [6.45, 7) is 6.12. The number of amides is 1. The molecule has 2 aliphatic rings. The molecule has 0 spiro atoms. The third kappa shape index (κ3) is 8.08. The number of carbonyl (C=O) groups excluding carboxylic acids is 1. The lowest BCUT2D eigenvalue weighted by Gasteiger charge is -2.30. The van der Waals surface area contributed by atoms with Crippen molar-refractivity contribution in [3.8, 4) is 17.6 Å². The maximum absolute atomic E-state index is 13.4. The number of halogens is 1. The predicted octanol–water partition coefficient (Wildman–Crippen LogP) is 7.37. The van der Waals surface area contributed by atoms with Gasteiger partial charge in [-0.3, -0.25) is 9.78 Å². The fourth-order valence-electron chi connectivity index (χ4n) is 6.08. The summed E-state index contributed by atoms with van der Waals surface area (Å²) in [4.78, 5) is 20.3. The highest BCUT2D eigenvalue weighted by atomic mass is 35.5. The van der Waals surface area contributed by atoms with Crippen LogP contribution in [0.2, 0.25) is 5.02 Å². The summed E-state index contributed by atoms with van der Waals surface area (Å²) in [5, 5.41) is 21.0. The third-order valence-electron chi connectivity index (χ3n) is 8.94. The number of nitrogens with zero attached hydrogens (tertiary/aromatic N) is 3. The van der Waals surface area contributed by atoms with Crippen LogP contribution in [0.5, 0.6) is 11.5 Å². The summed E-state index contributed by atoms with van der Waals surface area (Å²) in [5.41, 5.74) is 6.04. The van der Waals surface area contributed by atoms with Gasteiger partial charge in [0.15, 0.2) is 0 Å². The summed E-state index contributed by atoms with van der Waals surface area (Å²) in [6, 6.07) is 19.8. The van der Waals surface area contributed by atoms with E-state index < -0.39 is 0 Å². The number of carbonyl (C=O) groups is 1. The number of nitrogens with one attached hydrogen (secondary N) is 3. The fraction of sp³-hybridized carbons (Fsp3) is 0.342. The van der Waals surface area contributed by atoms with Crippen LogP contribution in [-0.4, -0.2) is 55.1 Å². The lowest BCUT2D eigenvalue weighted by molar-refractivity contribution is -0.112. The molecule has 0 aliphatic carbocycles. The molecule has 2 saturated heterocycles. The maximum atomic E-state index is 13.4. The van der Waals surface area contributed by atoms with Crippen LogP contribution in [0.15, 0.2) is 72.4 Å². The van der Waals surface area contributed by atoms with Crippen LogP contribution in [0.4, 0.5) is 17.1 Å². The zero-order valence-corrected chi connectivity index (χ0v) is 28.2. The molecule has 4 aromatic rings. The van der Waals surface area contributed by atoms with Gasteiger partial charge in [-0.25, -0.2) is 0 Å². The number of rotatable bonds is 10. The highest BCUT2D eigenvalue weighted by Gasteiger charge is 2.23. The van der Waals surface area contributed by atoms with Crippen LogP contribution in [0.25, 0.3) is 10.9 Å². The van der Waals surface area contributed by atoms with E-state index in [4.69, 9.17) is 21.1 Å².